The molecule has 0 radical (unpaired) electrons. The maximum absolute atomic E-state index is 11.5. The van der Waals surface area contributed by atoms with E-state index in [1.54, 1.807) is 24.7 Å². The van der Waals surface area contributed by atoms with Crippen molar-refractivity contribution in [1.82, 2.24) is 14.8 Å². The van der Waals surface area contributed by atoms with Crippen LogP contribution in [0.15, 0.2) is 35.2 Å². The number of halogens is 1. The second-order valence-corrected chi connectivity index (χ2v) is 4.53. The topological polar surface area (TPSA) is 83.0 Å². The average molecular weight is 311 g/mol. The molecule has 0 fully saturated rings. The van der Waals surface area contributed by atoms with Crippen molar-refractivity contribution in [3.05, 3.63) is 40.8 Å². The number of pyridine rings is 1. The van der Waals surface area contributed by atoms with Gasteiger partial charge in [0.15, 0.2) is 0 Å². The van der Waals surface area contributed by atoms with E-state index in [2.05, 4.69) is 26.0 Å². The third-order valence-electron chi connectivity index (χ3n) is 2.11. The van der Waals surface area contributed by atoms with Crippen LogP contribution in [0.5, 0.6) is 0 Å². The number of nitrogens with two attached hydrogens (primary N) is 1. The third kappa shape index (κ3) is 3.56. The van der Waals surface area contributed by atoms with E-state index < -0.39 is 0 Å². The van der Waals surface area contributed by atoms with Gasteiger partial charge in [0, 0.05) is 28.6 Å². The highest BCUT2D eigenvalue weighted by atomic mass is 79.9. The molecule has 0 aliphatic heterocycles. The molecule has 94 valence electrons. The quantitative estimate of drug-likeness (QED) is 0.862. The Hall–Kier alpha value is -1.89. The Morgan fingerprint density at radius 1 is 1.50 bits per heavy atom. The van der Waals surface area contributed by atoms with Gasteiger partial charge in [0.1, 0.15) is 19.0 Å². The number of ether oxygens (including phenoxy) is 1. The summed E-state index contributed by atoms with van der Waals surface area (Å²) in [5.74, 6) is -0.00272. The van der Waals surface area contributed by atoms with Gasteiger partial charge >= 0.3 is 5.97 Å². The van der Waals surface area contributed by atoms with Crippen molar-refractivity contribution < 1.29 is 9.53 Å². The Labute approximate surface area is 112 Å². The summed E-state index contributed by atoms with van der Waals surface area (Å²) in [6, 6.07) is 3.46. The predicted molar refractivity (Wildman–Crippen MR) is 68.4 cm³/mol. The minimum absolute atomic E-state index is 0.0403. The van der Waals surface area contributed by atoms with Gasteiger partial charge in [-0.25, -0.2) is 0 Å². The number of esters is 1. The van der Waals surface area contributed by atoms with E-state index in [1.807, 2.05) is 6.07 Å². The van der Waals surface area contributed by atoms with E-state index in [-0.39, 0.29) is 19.1 Å². The molecule has 2 N–H and O–H groups in total. The lowest BCUT2D eigenvalue weighted by atomic mass is 10.3. The van der Waals surface area contributed by atoms with Crippen molar-refractivity contribution in [2.45, 2.75) is 13.2 Å². The van der Waals surface area contributed by atoms with Gasteiger partial charge < -0.3 is 10.5 Å². The first-order valence-electron chi connectivity index (χ1n) is 5.17. The third-order valence-corrected chi connectivity index (χ3v) is 2.55. The van der Waals surface area contributed by atoms with Crippen LogP contribution in [0.2, 0.25) is 0 Å². The fraction of sp³-hybridized carbons (Fsp3) is 0.182. The molecule has 0 atom stereocenters. The molecule has 2 rings (SSSR count). The molecule has 0 bridgehead atoms. The summed E-state index contributed by atoms with van der Waals surface area (Å²) in [4.78, 5) is 15.5. The Morgan fingerprint density at radius 2 is 2.33 bits per heavy atom. The summed E-state index contributed by atoms with van der Waals surface area (Å²) in [7, 11) is 0. The zero-order valence-corrected chi connectivity index (χ0v) is 11.0. The number of hydrogen-bond acceptors (Lipinski definition) is 5. The van der Waals surface area contributed by atoms with E-state index in [9.17, 15) is 4.79 Å². The van der Waals surface area contributed by atoms with E-state index in [0.717, 1.165) is 10.0 Å². The number of carbonyl (C=O) groups excluding carboxylic acids is 1. The molecule has 0 spiro atoms. The maximum Gasteiger partial charge on any atom is 0.328 e. The van der Waals surface area contributed by atoms with E-state index in [4.69, 9.17) is 10.5 Å². The van der Waals surface area contributed by atoms with Crippen LogP contribution in [0.1, 0.15) is 5.56 Å². The van der Waals surface area contributed by atoms with Crippen molar-refractivity contribution in [2.75, 3.05) is 5.73 Å². The summed E-state index contributed by atoms with van der Waals surface area (Å²) in [6.07, 6.45) is 4.93. The molecule has 0 saturated carbocycles. The Morgan fingerprint density at radius 3 is 3.00 bits per heavy atom. The van der Waals surface area contributed by atoms with Crippen LogP contribution in [-0.4, -0.2) is 20.7 Å². The minimum Gasteiger partial charge on any atom is -0.459 e. The first-order chi connectivity index (χ1) is 8.63. The highest BCUT2D eigenvalue weighted by molar-refractivity contribution is 9.10. The smallest absolute Gasteiger partial charge is 0.328 e. The van der Waals surface area contributed by atoms with Crippen molar-refractivity contribution in [3.63, 3.8) is 0 Å². The molecular weight excluding hydrogens is 300 g/mol. The van der Waals surface area contributed by atoms with Gasteiger partial charge in [-0.1, -0.05) is 0 Å². The fourth-order valence-electron chi connectivity index (χ4n) is 1.34. The summed E-state index contributed by atoms with van der Waals surface area (Å²) >= 11 is 3.29. The summed E-state index contributed by atoms with van der Waals surface area (Å²) in [5, 5.41) is 3.89. The molecule has 0 aliphatic rings. The molecule has 0 amide bonds. The fourth-order valence-corrected chi connectivity index (χ4v) is 1.75. The van der Waals surface area contributed by atoms with E-state index in [0.29, 0.717) is 5.82 Å². The van der Waals surface area contributed by atoms with Gasteiger partial charge in [-0.05, 0) is 28.1 Å². The van der Waals surface area contributed by atoms with Gasteiger partial charge in [0.25, 0.3) is 0 Å². The lowest BCUT2D eigenvalue weighted by Gasteiger charge is -2.05. The van der Waals surface area contributed by atoms with Gasteiger partial charge in [-0.3, -0.25) is 14.5 Å². The average Bonchev–Trinajstić information content (AvgIpc) is 2.72. The van der Waals surface area contributed by atoms with Crippen molar-refractivity contribution >= 4 is 27.7 Å². The Kier molecular flexibility index (Phi) is 3.93. The zero-order chi connectivity index (χ0) is 13.0. The largest absolute Gasteiger partial charge is 0.459 e. The van der Waals surface area contributed by atoms with Gasteiger partial charge in [0.2, 0.25) is 0 Å². The molecule has 7 heteroatoms. The standard InChI is InChI=1S/C11H11BrN4O2/c12-9-3-8(4-14-5-9)7-18-11(17)6-16-2-1-10(13)15-16/h1-5H,6-7H2,(H2,13,15). The number of nitrogen functional groups attached to an aromatic ring is 1. The van der Waals surface area contributed by atoms with Crippen LogP contribution in [0.4, 0.5) is 5.82 Å². The zero-order valence-electron chi connectivity index (χ0n) is 9.41. The lowest BCUT2D eigenvalue weighted by Crippen LogP contribution is -2.14. The van der Waals surface area contributed by atoms with Crippen molar-refractivity contribution in [1.29, 1.82) is 0 Å². The molecule has 0 saturated heterocycles. The minimum atomic E-state index is -0.377. The first kappa shape index (κ1) is 12.6. The molecule has 2 aromatic rings. The highest BCUT2D eigenvalue weighted by Gasteiger charge is 2.06. The Balaban J connectivity index is 1.85. The van der Waals surface area contributed by atoms with Gasteiger partial charge in [-0.15, -0.1) is 0 Å². The molecule has 2 heterocycles. The number of anilines is 1. The summed E-state index contributed by atoms with van der Waals surface area (Å²) in [6.45, 7) is 0.223. The lowest BCUT2D eigenvalue weighted by molar-refractivity contribution is -0.145. The molecule has 0 unspecified atom stereocenters. The van der Waals surface area contributed by atoms with Crippen molar-refractivity contribution in [2.24, 2.45) is 0 Å². The summed E-state index contributed by atoms with van der Waals surface area (Å²) in [5.41, 5.74) is 6.26. The van der Waals surface area contributed by atoms with Crippen LogP contribution in [0.3, 0.4) is 0 Å². The van der Waals surface area contributed by atoms with Crippen molar-refractivity contribution in [3.8, 4) is 0 Å². The molecule has 2 aromatic heterocycles. The van der Waals surface area contributed by atoms with Crippen LogP contribution in [0.25, 0.3) is 0 Å². The predicted octanol–water partition coefficient (Wildman–Crippen LogP) is 1.37. The monoisotopic (exact) mass is 310 g/mol. The number of aromatic nitrogens is 3. The van der Waals surface area contributed by atoms with Gasteiger partial charge in [-0.2, -0.15) is 5.10 Å². The SMILES string of the molecule is Nc1ccn(CC(=O)OCc2cncc(Br)c2)n1. The molecular formula is C11H11BrN4O2. The van der Waals surface area contributed by atoms with Crippen LogP contribution in [0, 0.1) is 0 Å². The van der Waals surface area contributed by atoms with Crippen LogP contribution >= 0.6 is 15.9 Å². The molecule has 0 aliphatic carbocycles. The van der Waals surface area contributed by atoms with E-state index in [1.165, 1.54) is 4.68 Å². The Bertz CT molecular complexity index is 555. The summed E-state index contributed by atoms with van der Waals surface area (Å²) < 4.78 is 7.37. The van der Waals surface area contributed by atoms with E-state index >= 15 is 0 Å². The van der Waals surface area contributed by atoms with Crippen LogP contribution in [-0.2, 0) is 22.7 Å². The molecule has 6 nitrogen and oxygen atoms in total. The molecule has 18 heavy (non-hydrogen) atoms. The number of carbonyl (C=O) groups is 1. The second-order valence-electron chi connectivity index (χ2n) is 3.61. The molecule has 0 aromatic carbocycles. The number of nitrogens with zero attached hydrogens (tertiary/aromatic N) is 3. The highest BCUT2D eigenvalue weighted by Crippen LogP contribution is 2.10. The number of hydrogen-bond donors (Lipinski definition) is 1. The van der Waals surface area contributed by atoms with Crippen LogP contribution < -0.4 is 5.73 Å². The normalized spacial score (nSPS) is 10.3. The number of rotatable bonds is 4. The maximum atomic E-state index is 11.5. The first-order valence-corrected chi connectivity index (χ1v) is 5.97. The van der Waals surface area contributed by atoms with Gasteiger partial charge in [0.05, 0.1) is 0 Å². The second kappa shape index (κ2) is 5.63.